The van der Waals surface area contributed by atoms with Crippen molar-refractivity contribution < 1.29 is 27.8 Å². The highest BCUT2D eigenvalue weighted by Gasteiger charge is 2.53. The van der Waals surface area contributed by atoms with Crippen molar-refractivity contribution >= 4 is 21.6 Å². The Hall–Kier alpha value is -3.69. The van der Waals surface area contributed by atoms with Crippen LogP contribution in [-0.2, 0) is 19.4 Å². The van der Waals surface area contributed by atoms with Crippen molar-refractivity contribution in [3.05, 3.63) is 96.1 Å². The van der Waals surface area contributed by atoms with Gasteiger partial charge in [-0.1, -0.05) is 62.4 Å². The highest BCUT2D eigenvalue weighted by atomic mass is 32.2. The molecule has 0 spiro atoms. The fourth-order valence-electron chi connectivity index (χ4n) is 4.48. The van der Waals surface area contributed by atoms with Crippen LogP contribution in [0.4, 0.5) is 0 Å². The van der Waals surface area contributed by atoms with Crippen molar-refractivity contribution in [1.29, 1.82) is 0 Å². The van der Waals surface area contributed by atoms with Crippen LogP contribution in [0.15, 0.2) is 94.8 Å². The summed E-state index contributed by atoms with van der Waals surface area (Å²) < 4.78 is 38.7. The lowest BCUT2D eigenvalue weighted by Crippen LogP contribution is -2.50. The number of hydrogen-bond donors (Lipinski definition) is 2. The minimum absolute atomic E-state index is 0.0462. The normalized spacial score (nSPS) is 18.7. The number of hydrogen-bond acceptors (Lipinski definition) is 7. The van der Waals surface area contributed by atoms with Gasteiger partial charge in [0.05, 0.1) is 17.3 Å². The summed E-state index contributed by atoms with van der Waals surface area (Å²) in [6.45, 7) is 4.83. The van der Waals surface area contributed by atoms with Crippen LogP contribution in [0.3, 0.4) is 0 Å². The Kier molecular flexibility index (Phi) is 9.60. The van der Waals surface area contributed by atoms with Gasteiger partial charge >= 0.3 is 0 Å². The summed E-state index contributed by atoms with van der Waals surface area (Å²) in [5.74, 6) is 0.413. The maximum Gasteiger partial charge on any atom is 0.252 e. The average molecular weight is 565 g/mol. The number of rotatable bonds is 13. The third kappa shape index (κ3) is 6.89. The number of carbonyl (C=O) groups is 1. The highest BCUT2D eigenvalue weighted by Crippen LogP contribution is 2.43. The van der Waals surface area contributed by atoms with Gasteiger partial charge in [0.2, 0.25) is 5.90 Å². The Morgan fingerprint density at radius 3 is 2.30 bits per heavy atom. The summed E-state index contributed by atoms with van der Waals surface area (Å²) in [4.78, 5) is 19.0. The lowest BCUT2D eigenvalue weighted by molar-refractivity contribution is -0.129. The number of amides is 1. The molecular weight excluding hydrogens is 528 g/mol. The van der Waals surface area contributed by atoms with E-state index < -0.39 is 21.5 Å². The lowest BCUT2D eigenvalue weighted by Gasteiger charge is -2.31. The van der Waals surface area contributed by atoms with Crippen molar-refractivity contribution in [2.75, 3.05) is 25.5 Å². The molecule has 1 aliphatic heterocycles. The molecule has 4 rings (SSSR count). The monoisotopic (exact) mass is 564 g/mol. The lowest BCUT2D eigenvalue weighted by atomic mass is 9.85. The SMILES string of the molecule is CC(C)CNC(=O)[C@]1(CCS(=O)(=O)c2ccccc2)N=C(c2ccc(OCCCO)cc2)O[C@@H]1c1ccccc1. The first kappa shape index (κ1) is 29.3. The molecule has 1 heterocycles. The molecular formula is C31H36N2O6S. The van der Waals surface area contributed by atoms with Gasteiger partial charge in [-0.05, 0) is 47.9 Å². The van der Waals surface area contributed by atoms with Crippen molar-refractivity contribution in [3.63, 3.8) is 0 Å². The van der Waals surface area contributed by atoms with E-state index >= 15 is 0 Å². The van der Waals surface area contributed by atoms with Gasteiger partial charge in [-0.3, -0.25) is 4.79 Å². The van der Waals surface area contributed by atoms with E-state index in [9.17, 15) is 13.2 Å². The third-order valence-electron chi connectivity index (χ3n) is 6.66. The first-order chi connectivity index (χ1) is 19.2. The molecule has 8 nitrogen and oxygen atoms in total. The average Bonchev–Trinajstić information content (AvgIpc) is 3.37. The van der Waals surface area contributed by atoms with Gasteiger partial charge in [-0.15, -0.1) is 0 Å². The minimum atomic E-state index is -3.69. The topological polar surface area (TPSA) is 114 Å². The van der Waals surface area contributed by atoms with Gasteiger partial charge in [0.15, 0.2) is 21.5 Å². The molecule has 1 aliphatic rings. The van der Waals surface area contributed by atoms with Crippen LogP contribution in [0.1, 0.15) is 43.9 Å². The van der Waals surface area contributed by atoms with E-state index in [2.05, 4.69) is 5.32 Å². The van der Waals surface area contributed by atoms with E-state index in [-0.39, 0.29) is 41.4 Å². The first-order valence-electron chi connectivity index (χ1n) is 13.5. The number of sulfone groups is 1. The summed E-state index contributed by atoms with van der Waals surface area (Å²) in [7, 11) is -3.69. The second kappa shape index (κ2) is 13.1. The van der Waals surface area contributed by atoms with Crippen molar-refractivity contribution in [2.45, 2.75) is 43.2 Å². The Labute approximate surface area is 236 Å². The predicted octanol–water partition coefficient (Wildman–Crippen LogP) is 4.34. The molecule has 40 heavy (non-hydrogen) atoms. The molecule has 0 aromatic heterocycles. The van der Waals surface area contributed by atoms with Crippen molar-refractivity contribution in [1.82, 2.24) is 5.32 Å². The van der Waals surface area contributed by atoms with Crippen LogP contribution in [-0.4, -0.2) is 56.4 Å². The third-order valence-corrected chi connectivity index (χ3v) is 8.39. The van der Waals surface area contributed by atoms with Gasteiger partial charge in [-0.25, -0.2) is 13.4 Å². The molecule has 0 radical (unpaired) electrons. The molecule has 0 bridgehead atoms. The molecule has 2 atom stereocenters. The Balaban J connectivity index is 1.73. The first-order valence-corrected chi connectivity index (χ1v) is 15.1. The van der Waals surface area contributed by atoms with Gasteiger partial charge in [0.25, 0.3) is 5.91 Å². The fourth-order valence-corrected chi connectivity index (χ4v) is 5.87. The van der Waals surface area contributed by atoms with Gasteiger partial charge in [0, 0.05) is 31.6 Å². The molecule has 3 aromatic rings. The number of carbonyl (C=O) groups excluding carboxylic acids is 1. The number of benzene rings is 3. The molecule has 0 saturated carbocycles. The molecule has 0 unspecified atom stereocenters. The number of aliphatic hydroxyl groups is 1. The quantitative estimate of drug-likeness (QED) is 0.299. The number of aliphatic hydroxyl groups excluding tert-OH is 1. The van der Waals surface area contributed by atoms with Gasteiger partial charge < -0.3 is 19.9 Å². The summed E-state index contributed by atoms with van der Waals surface area (Å²) in [6, 6.07) is 24.6. The van der Waals surface area contributed by atoms with E-state index in [1.807, 2.05) is 44.2 Å². The highest BCUT2D eigenvalue weighted by molar-refractivity contribution is 7.91. The molecule has 9 heteroatoms. The standard InChI is InChI=1S/C31H36N2O6S/c1-23(2)22-32-30(35)31(18-21-40(36,37)27-12-7-4-8-13-27)28(24-10-5-3-6-11-24)39-29(33-31)25-14-16-26(17-15-25)38-20-9-19-34/h3-8,10-17,23,28,34H,9,18-22H2,1-2H3,(H,32,35)/t28-,31-/m1/s1. The van der Waals surface area contributed by atoms with Crippen LogP contribution in [0.2, 0.25) is 0 Å². The second-order valence-electron chi connectivity index (χ2n) is 10.2. The molecule has 2 N–H and O–H groups in total. The Morgan fingerprint density at radius 1 is 1.02 bits per heavy atom. The van der Waals surface area contributed by atoms with Crippen LogP contribution in [0, 0.1) is 5.92 Å². The summed E-state index contributed by atoms with van der Waals surface area (Å²) in [6.07, 6.45) is -0.377. The van der Waals surface area contributed by atoms with Gasteiger partial charge in [0.1, 0.15) is 5.75 Å². The zero-order valence-electron chi connectivity index (χ0n) is 22.8. The fraction of sp³-hybridized carbons (Fsp3) is 0.355. The van der Waals surface area contributed by atoms with Crippen LogP contribution >= 0.6 is 0 Å². The second-order valence-corrected chi connectivity index (χ2v) is 12.3. The van der Waals surface area contributed by atoms with Crippen LogP contribution in [0.25, 0.3) is 0 Å². The summed E-state index contributed by atoms with van der Waals surface area (Å²) in [5.41, 5.74) is -0.147. The summed E-state index contributed by atoms with van der Waals surface area (Å²) in [5, 5.41) is 12.0. The maximum atomic E-state index is 14.0. The largest absolute Gasteiger partial charge is 0.494 e. The minimum Gasteiger partial charge on any atom is -0.494 e. The smallest absolute Gasteiger partial charge is 0.252 e. The summed E-state index contributed by atoms with van der Waals surface area (Å²) >= 11 is 0. The maximum absolute atomic E-state index is 14.0. The number of nitrogens with one attached hydrogen (secondary N) is 1. The Morgan fingerprint density at radius 2 is 1.68 bits per heavy atom. The van der Waals surface area contributed by atoms with E-state index in [1.165, 1.54) is 0 Å². The molecule has 0 fully saturated rings. The number of nitrogens with zero attached hydrogens (tertiary/aromatic N) is 1. The number of aliphatic imine (C=N–C) groups is 1. The van der Waals surface area contributed by atoms with Crippen molar-refractivity contribution in [3.8, 4) is 5.75 Å². The predicted molar refractivity (Wildman–Crippen MR) is 154 cm³/mol. The molecule has 3 aromatic carbocycles. The Bertz CT molecular complexity index is 1390. The molecule has 212 valence electrons. The zero-order chi connectivity index (χ0) is 28.6. The van der Waals surface area contributed by atoms with Gasteiger partial charge in [-0.2, -0.15) is 0 Å². The molecule has 0 aliphatic carbocycles. The van der Waals surface area contributed by atoms with E-state index in [1.54, 1.807) is 54.6 Å². The number of ether oxygens (including phenoxy) is 2. The van der Waals surface area contributed by atoms with E-state index in [4.69, 9.17) is 19.6 Å². The van der Waals surface area contributed by atoms with E-state index in [0.29, 0.717) is 30.9 Å². The van der Waals surface area contributed by atoms with Crippen molar-refractivity contribution in [2.24, 2.45) is 10.9 Å². The molecule has 0 saturated heterocycles. The van der Waals surface area contributed by atoms with Crippen LogP contribution in [0.5, 0.6) is 5.75 Å². The molecule has 1 amide bonds. The van der Waals surface area contributed by atoms with E-state index in [0.717, 1.165) is 5.56 Å². The van der Waals surface area contributed by atoms with Crippen LogP contribution < -0.4 is 10.1 Å². The zero-order valence-corrected chi connectivity index (χ0v) is 23.6.